The van der Waals surface area contributed by atoms with E-state index < -0.39 is 0 Å². The van der Waals surface area contributed by atoms with E-state index in [1.54, 1.807) is 0 Å². The van der Waals surface area contributed by atoms with E-state index in [-0.39, 0.29) is 0 Å². The van der Waals surface area contributed by atoms with Crippen LogP contribution in [0.15, 0.2) is 150 Å². The number of nitrogens with zero attached hydrogens (tertiary/aromatic N) is 2. The van der Waals surface area contributed by atoms with Crippen molar-refractivity contribution in [3.05, 3.63) is 146 Å². The lowest BCUT2D eigenvalue weighted by Gasteiger charge is -2.12. The molecule has 3 nitrogen and oxygen atoms in total. The quantitative estimate of drug-likeness (QED) is 0.230. The summed E-state index contributed by atoms with van der Waals surface area (Å²) >= 11 is 0. The molecule has 3 heteroatoms. The molecule has 0 unspecified atom stereocenters. The van der Waals surface area contributed by atoms with Crippen LogP contribution in [-0.2, 0) is 0 Å². The maximum Gasteiger partial charge on any atom is 0.160 e. The molecule has 0 bridgehead atoms. The van der Waals surface area contributed by atoms with Crippen molar-refractivity contribution in [3.8, 4) is 44.9 Å². The van der Waals surface area contributed by atoms with Crippen molar-refractivity contribution in [2.24, 2.45) is 0 Å². The number of para-hydroxylation sites is 1. The summed E-state index contributed by atoms with van der Waals surface area (Å²) in [6.07, 6.45) is 0. The van der Waals surface area contributed by atoms with E-state index in [0.717, 1.165) is 60.8 Å². The predicted molar refractivity (Wildman–Crippen MR) is 169 cm³/mol. The zero-order valence-corrected chi connectivity index (χ0v) is 22.2. The van der Waals surface area contributed by atoms with Gasteiger partial charge in [-0.25, -0.2) is 9.97 Å². The lowest BCUT2D eigenvalue weighted by molar-refractivity contribution is 0.669. The van der Waals surface area contributed by atoms with Crippen molar-refractivity contribution < 1.29 is 4.42 Å². The molecule has 6 aromatic carbocycles. The van der Waals surface area contributed by atoms with Crippen molar-refractivity contribution in [3.63, 3.8) is 0 Å². The highest BCUT2D eigenvalue weighted by atomic mass is 16.3. The van der Waals surface area contributed by atoms with Crippen LogP contribution in [0.1, 0.15) is 0 Å². The summed E-state index contributed by atoms with van der Waals surface area (Å²) in [6, 6.07) is 50.2. The third-order valence-corrected chi connectivity index (χ3v) is 7.67. The van der Waals surface area contributed by atoms with E-state index in [9.17, 15) is 0 Å². The maximum absolute atomic E-state index is 6.22. The normalized spacial score (nSPS) is 11.4. The number of benzene rings is 6. The zero-order chi connectivity index (χ0) is 27.2. The van der Waals surface area contributed by atoms with Gasteiger partial charge in [-0.3, -0.25) is 0 Å². The molecule has 8 rings (SSSR count). The Hall–Kier alpha value is -5.54. The number of hydrogen-bond donors (Lipinski definition) is 0. The minimum absolute atomic E-state index is 0.699. The number of hydrogen-bond acceptors (Lipinski definition) is 3. The van der Waals surface area contributed by atoms with Crippen LogP contribution < -0.4 is 0 Å². The summed E-state index contributed by atoms with van der Waals surface area (Å²) in [5.74, 6) is 0.699. The van der Waals surface area contributed by atoms with Gasteiger partial charge in [0.15, 0.2) is 5.82 Å². The minimum Gasteiger partial charge on any atom is -0.456 e. The molecule has 0 saturated heterocycles. The fourth-order valence-corrected chi connectivity index (χ4v) is 5.72. The first-order valence-electron chi connectivity index (χ1n) is 13.8. The molecule has 192 valence electrons. The van der Waals surface area contributed by atoms with Gasteiger partial charge in [0.25, 0.3) is 0 Å². The Bertz CT molecular complexity index is 2200. The molecule has 0 aliphatic rings. The average molecular weight is 525 g/mol. The van der Waals surface area contributed by atoms with Crippen LogP contribution in [0.3, 0.4) is 0 Å². The molecule has 0 aliphatic carbocycles. The third kappa shape index (κ3) is 4.07. The fraction of sp³-hybridized carbons (Fsp3) is 0. The van der Waals surface area contributed by atoms with E-state index in [2.05, 4.69) is 103 Å². The molecule has 0 aliphatic heterocycles. The molecule has 0 N–H and O–H groups in total. The van der Waals surface area contributed by atoms with E-state index >= 15 is 0 Å². The monoisotopic (exact) mass is 524 g/mol. The Labute approximate surface area is 237 Å². The number of rotatable bonds is 4. The van der Waals surface area contributed by atoms with Crippen LogP contribution in [0.5, 0.6) is 0 Å². The minimum atomic E-state index is 0.699. The van der Waals surface area contributed by atoms with E-state index in [1.165, 1.54) is 11.1 Å². The molecular formula is C38H24N2O. The maximum atomic E-state index is 6.22. The Morgan fingerprint density at radius 3 is 1.73 bits per heavy atom. The van der Waals surface area contributed by atoms with Gasteiger partial charge in [-0.15, -0.1) is 0 Å². The van der Waals surface area contributed by atoms with Gasteiger partial charge in [0.05, 0.1) is 11.2 Å². The first kappa shape index (κ1) is 23.4. The van der Waals surface area contributed by atoms with Crippen LogP contribution >= 0.6 is 0 Å². The zero-order valence-electron chi connectivity index (χ0n) is 22.2. The Kier molecular flexibility index (Phi) is 5.46. The molecule has 41 heavy (non-hydrogen) atoms. The lowest BCUT2D eigenvalue weighted by atomic mass is 9.97. The topological polar surface area (TPSA) is 38.9 Å². The second kappa shape index (κ2) is 9.58. The highest BCUT2D eigenvalue weighted by Gasteiger charge is 2.18. The summed E-state index contributed by atoms with van der Waals surface area (Å²) in [5.41, 5.74) is 10.2. The standard InChI is InChI=1S/C38H24N2O/c1-3-11-25(12-4-1)27-15-9-16-28(23-27)29-17-10-18-30(24-29)38-39-32-21-22-34-35(31-19-7-8-20-33(31)41-34)36(32)37(40-38)26-13-5-2-6-14-26/h1-24H. The summed E-state index contributed by atoms with van der Waals surface area (Å²) in [4.78, 5) is 10.3. The van der Waals surface area contributed by atoms with E-state index in [4.69, 9.17) is 14.4 Å². The summed E-state index contributed by atoms with van der Waals surface area (Å²) in [6.45, 7) is 0. The van der Waals surface area contributed by atoms with Crippen molar-refractivity contribution in [2.45, 2.75) is 0 Å². The van der Waals surface area contributed by atoms with Crippen LogP contribution in [0, 0.1) is 0 Å². The third-order valence-electron chi connectivity index (χ3n) is 7.67. The van der Waals surface area contributed by atoms with E-state index in [0.29, 0.717) is 5.82 Å². The second-order valence-electron chi connectivity index (χ2n) is 10.2. The van der Waals surface area contributed by atoms with Crippen LogP contribution in [-0.4, -0.2) is 9.97 Å². The second-order valence-corrected chi connectivity index (χ2v) is 10.2. The van der Waals surface area contributed by atoms with Gasteiger partial charge in [-0.05, 0) is 52.6 Å². The van der Waals surface area contributed by atoms with Crippen molar-refractivity contribution in [1.82, 2.24) is 9.97 Å². The van der Waals surface area contributed by atoms with Crippen LogP contribution in [0.2, 0.25) is 0 Å². The summed E-state index contributed by atoms with van der Waals surface area (Å²) in [7, 11) is 0. The van der Waals surface area contributed by atoms with Gasteiger partial charge in [0, 0.05) is 27.3 Å². The molecule has 8 aromatic rings. The molecule has 2 aromatic heterocycles. The molecule has 0 radical (unpaired) electrons. The average Bonchev–Trinajstić information content (AvgIpc) is 3.44. The molecule has 0 amide bonds. The van der Waals surface area contributed by atoms with Crippen LogP contribution in [0.25, 0.3) is 77.7 Å². The molecular weight excluding hydrogens is 500 g/mol. The van der Waals surface area contributed by atoms with E-state index in [1.807, 2.05) is 42.5 Å². The van der Waals surface area contributed by atoms with Crippen molar-refractivity contribution in [2.75, 3.05) is 0 Å². The predicted octanol–water partition coefficient (Wildman–Crippen LogP) is 10.2. The van der Waals surface area contributed by atoms with Gasteiger partial charge in [-0.1, -0.05) is 115 Å². The van der Waals surface area contributed by atoms with Crippen molar-refractivity contribution >= 4 is 32.8 Å². The first-order chi connectivity index (χ1) is 20.3. The lowest BCUT2D eigenvalue weighted by Crippen LogP contribution is -1.96. The molecule has 0 fully saturated rings. The Morgan fingerprint density at radius 1 is 0.390 bits per heavy atom. The fourth-order valence-electron chi connectivity index (χ4n) is 5.72. The van der Waals surface area contributed by atoms with Gasteiger partial charge in [0.2, 0.25) is 0 Å². The summed E-state index contributed by atoms with van der Waals surface area (Å²) in [5, 5.41) is 3.13. The molecule has 0 saturated carbocycles. The van der Waals surface area contributed by atoms with Gasteiger partial charge < -0.3 is 4.42 Å². The number of fused-ring (bicyclic) bond motifs is 5. The van der Waals surface area contributed by atoms with Crippen LogP contribution in [0.4, 0.5) is 0 Å². The largest absolute Gasteiger partial charge is 0.456 e. The molecule has 0 spiro atoms. The number of furan rings is 1. The highest BCUT2D eigenvalue weighted by molar-refractivity contribution is 6.21. The van der Waals surface area contributed by atoms with Gasteiger partial charge in [0.1, 0.15) is 11.2 Å². The first-order valence-corrected chi connectivity index (χ1v) is 13.8. The van der Waals surface area contributed by atoms with Gasteiger partial charge in [-0.2, -0.15) is 0 Å². The summed E-state index contributed by atoms with van der Waals surface area (Å²) < 4.78 is 6.22. The Balaban J connectivity index is 1.33. The molecule has 2 heterocycles. The number of aromatic nitrogens is 2. The molecule has 0 atom stereocenters. The smallest absolute Gasteiger partial charge is 0.160 e. The Morgan fingerprint density at radius 2 is 0.976 bits per heavy atom. The SMILES string of the molecule is c1ccc(-c2cccc(-c3cccc(-c4nc(-c5ccccc5)c5c(ccc6oc7ccccc7c65)n4)c3)c2)cc1. The van der Waals surface area contributed by atoms with Crippen molar-refractivity contribution in [1.29, 1.82) is 0 Å². The van der Waals surface area contributed by atoms with Gasteiger partial charge >= 0.3 is 0 Å². The highest BCUT2D eigenvalue weighted by Crippen LogP contribution is 2.39.